The van der Waals surface area contributed by atoms with Gasteiger partial charge in [-0.25, -0.2) is 4.98 Å². The van der Waals surface area contributed by atoms with Crippen LogP contribution in [-0.4, -0.2) is 78.7 Å². The van der Waals surface area contributed by atoms with Gasteiger partial charge in [0.1, 0.15) is 5.82 Å². The molecule has 0 aliphatic carbocycles. The number of pyridine rings is 1. The average molecular weight is 443 g/mol. The van der Waals surface area contributed by atoms with Gasteiger partial charge < -0.3 is 19.4 Å². The third-order valence-corrected chi connectivity index (χ3v) is 6.29. The molecule has 0 spiro atoms. The maximum atomic E-state index is 13.5. The Morgan fingerprint density at radius 1 is 1.10 bits per heavy atom. The zero-order valence-corrected chi connectivity index (χ0v) is 19.3. The standard InChI is InChI=1S/C24H31ClN4O2/c1-4-27-10-12-28(13-11-27)24(30)21-8-9-22(19-6-5-7-20(25)14-19)26-23(21)29-15-17(2)31-18(3)16-29/h5-9,14,17-18H,4,10-13,15-16H2,1-3H3/t17-,18+. The van der Waals surface area contributed by atoms with Crippen molar-refractivity contribution in [3.8, 4) is 11.3 Å². The lowest BCUT2D eigenvalue weighted by Crippen LogP contribution is -2.49. The van der Waals surface area contributed by atoms with Crippen molar-refractivity contribution in [2.75, 3.05) is 50.7 Å². The summed E-state index contributed by atoms with van der Waals surface area (Å²) in [5, 5.41) is 0.670. The van der Waals surface area contributed by atoms with Crippen LogP contribution in [0.3, 0.4) is 0 Å². The highest BCUT2D eigenvalue weighted by Gasteiger charge is 2.30. The summed E-state index contributed by atoms with van der Waals surface area (Å²) in [6, 6.07) is 11.5. The molecule has 2 fully saturated rings. The van der Waals surface area contributed by atoms with Crippen LogP contribution < -0.4 is 4.90 Å². The molecule has 2 saturated heterocycles. The number of hydrogen-bond acceptors (Lipinski definition) is 5. The van der Waals surface area contributed by atoms with E-state index >= 15 is 0 Å². The van der Waals surface area contributed by atoms with Gasteiger partial charge in [-0.1, -0.05) is 30.7 Å². The molecule has 166 valence electrons. The van der Waals surface area contributed by atoms with Crippen LogP contribution >= 0.6 is 11.6 Å². The zero-order chi connectivity index (χ0) is 22.0. The molecular weight excluding hydrogens is 412 g/mol. The molecule has 1 amide bonds. The van der Waals surface area contributed by atoms with Crippen LogP contribution in [0.25, 0.3) is 11.3 Å². The molecule has 2 aromatic rings. The van der Waals surface area contributed by atoms with E-state index < -0.39 is 0 Å². The van der Waals surface area contributed by atoms with Crippen molar-refractivity contribution in [1.29, 1.82) is 0 Å². The molecule has 0 N–H and O–H groups in total. The Morgan fingerprint density at radius 2 is 1.81 bits per heavy atom. The van der Waals surface area contributed by atoms with E-state index in [9.17, 15) is 4.79 Å². The molecule has 2 aliphatic heterocycles. The maximum Gasteiger partial charge on any atom is 0.257 e. The van der Waals surface area contributed by atoms with Gasteiger partial charge in [-0.05, 0) is 44.7 Å². The van der Waals surface area contributed by atoms with Crippen molar-refractivity contribution in [2.45, 2.75) is 33.0 Å². The summed E-state index contributed by atoms with van der Waals surface area (Å²) in [4.78, 5) is 25.0. The number of amides is 1. The Hall–Kier alpha value is -2.15. The molecule has 31 heavy (non-hydrogen) atoms. The number of ether oxygens (including phenoxy) is 1. The number of carbonyl (C=O) groups excluding carboxylic acids is 1. The summed E-state index contributed by atoms with van der Waals surface area (Å²) in [7, 11) is 0. The van der Waals surface area contributed by atoms with E-state index in [4.69, 9.17) is 21.3 Å². The molecule has 2 aliphatic rings. The number of nitrogens with zero attached hydrogens (tertiary/aromatic N) is 4. The zero-order valence-electron chi connectivity index (χ0n) is 18.6. The van der Waals surface area contributed by atoms with E-state index in [2.05, 4.69) is 30.6 Å². The molecule has 0 unspecified atom stereocenters. The lowest BCUT2D eigenvalue weighted by atomic mass is 10.1. The van der Waals surface area contributed by atoms with Gasteiger partial charge in [0.2, 0.25) is 0 Å². The number of benzene rings is 1. The van der Waals surface area contributed by atoms with Crippen molar-refractivity contribution in [3.05, 3.63) is 47.0 Å². The summed E-state index contributed by atoms with van der Waals surface area (Å²) in [6.45, 7) is 12.1. The monoisotopic (exact) mass is 442 g/mol. The Labute approximate surface area is 189 Å². The van der Waals surface area contributed by atoms with Gasteiger partial charge >= 0.3 is 0 Å². The fourth-order valence-electron chi connectivity index (χ4n) is 4.45. The van der Waals surface area contributed by atoms with Crippen LogP contribution in [0, 0.1) is 0 Å². The van der Waals surface area contributed by atoms with Crippen LogP contribution in [0.2, 0.25) is 5.02 Å². The number of morpholine rings is 1. The number of hydrogen-bond donors (Lipinski definition) is 0. The normalized spacial score (nSPS) is 22.6. The third-order valence-electron chi connectivity index (χ3n) is 6.05. The Bertz CT molecular complexity index is 920. The number of aromatic nitrogens is 1. The van der Waals surface area contributed by atoms with Crippen molar-refractivity contribution in [2.24, 2.45) is 0 Å². The fourth-order valence-corrected chi connectivity index (χ4v) is 4.64. The summed E-state index contributed by atoms with van der Waals surface area (Å²) in [6.07, 6.45) is 0.160. The number of rotatable bonds is 4. The molecular formula is C24H31ClN4O2. The topological polar surface area (TPSA) is 48.9 Å². The number of anilines is 1. The Balaban J connectivity index is 1.69. The van der Waals surface area contributed by atoms with Gasteiger partial charge in [0.25, 0.3) is 5.91 Å². The SMILES string of the molecule is CCN1CCN(C(=O)c2ccc(-c3cccc(Cl)c3)nc2N2C[C@@H](C)O[C@@H](C)C2)CC1. The van der Waals surface area contributed by atoms with Crippen LogP contribution in [0.1, 0.15) is 31.1 Å². The number of likely N-dealkylation sites (N-methyl/N-ethyl adjacent to an activating group) is 1. The molecule has 1 aromatic carbocycles. The molecule has 0 saturated carbocycles. The fraction of sp³-hybridized carbons (Fsp3) is 0.500. The van der Waals surface area contributed by atoms with Gasteiger partial charge in [-0.3, -0.25) is 4.79 Å². The van der Waals surface area contributed by atoms with Gasteiger partial charge in [-0.2, -0.15) is 0 Å². The first-order valence-corrected chi connectivity index (χ1v) is 11.5. The molecule has 4 rings (SSSR count). The highest BCUT2D eigenvalue weighted by Crippen LogP contribution is 2.29. The number of halogens is 1. The molecule has 0 radical (unpaired) electrons. The summed E-state index contributed by atoms with van der Waals surface area (Å²) >= 11 is 6.21. The van der Waals surface area contributed by atoms with E-state index in [1.54, 1.807) is 0 Å². The molecule has 7 heteroatoms. The van der Waals surface area contributed by atoms with E-state index in [0.29, 0.717) is 23.7 Å². The van der Waals surface area contributed by atoms with E-state index in [1.165, 1.54) is 0 Å². The number of piperazine rings is 1. The highest BCUT2D eigenvalue weighted by molar-refractivity contribution is 6.30. The second-order valence-corrected chi connectivity index (χ2v) is 8.90. The lowest BCUT2D eigenvalue weighted by molar-refractivity contribution is -0.00555. The van der Waals surface area contributed by atoms with E-state index in [0.717, 1.165) is 49.8 Å². The maximum absolute atomic E-state index is 13.5. The molecule has 2 atom stereocenters. The average Bonchev–Trinajstić information content (AvgIpc) is 2.77. The first kappa shape index (κ1) is 22.1. The van der Waals surface area contributed by atoms with Gasteiger partial charge in [0.05, 0.1) is 23.5 Å². The smallest absolute Gasteiger partial charge is 0.257 e. The van der Waals surface area contributed by atoms with Crippen molar-refractivity contribution in [3.63, 3.8) is 0 Å². The van der Waals surface area contributed by atoms with Crippen molar-refractivity contribution >= 4 is 23.3 Å². The summed E-state index contributed by atoms with van der Waals surface area (Å²) in [5.74, 6) is 0.796. The van der Waals surface area contributed by atoms with Crippen molar-refractivity contribution < 1.29 is 9.53 Å². The first-order chi connectivity index (χ1) is 14.9. The van der Waals surface area contributed by atoms with Crippen LogP contribution in [-0.2, 0) is 4.74 Å². The van der Waals surface area contributed by atoms with Gasteiger partial charge in [0.15, 0.2) is 0 Å². The predicted molar refractivity (Wildman–Crippen MR) is 125 cm³/mol. The van der Waals surface area contributed by atoms with Crippen LogP contribution in [0.5, 0.6) is 0 Å². The predicted octanol–water partition coefficient (Wildman–Crippen LogP) is 3.79. The quantitative estimate of drug-likeness (QED) is 0.720. The molecule has 6 nitrogen and oxygen atoms in total. The Kier molecular flexibility index (Phi) is 6.80. The Morgan fingerprint density at radius 3 is 2.45 bits per heavy atom. The minimum Gasteiger partial charge on any atom is -0.372 e. The van der Waals surface area contributed by atoms with Crippen LogP contribution in [0.4, 0.5) is 5.82 Å². The molecule has 3 heterocycles. The van der Waals surface area contributed by atoms with E-state index in [1.807, 2.05) is 41.3 Å². The second-order valence-electron chi connectivity index (χ2n) is 8.47. The lowest BCUT2D eigenvalue weighted by Gasteiger charge is -2.38. The number of carbonyl (C=O) groups is 1. The summed E-state index contributed by atoms with van der Waals surface area (Å²) in [5.41, 5.74) is 2.42. The molecule has 1 aromatic heterocycles. The minimum absolute atomic E-state index is 0.0581. The van der Waals surface area contributed by atoms with Gasteiger partial charge in [0, 0.05) is 49.9 Å². The third kappa shape index (κ3) is 5.03. The highest BCUT2D eigenvalue weighted by atomic mass is 35.5. The van der Waals surface area contributed by atoms with E-state index in [-0.39, 0.29) is 18.1 Å². The second kappa shape index (κ2) is 9.55. The first-order valence-electron chi connectivity index (χ1n) is 11.1. The summed E-state index contributed by atoms with van der Waals surface area (Å²) < 4.78 is 5.92. The molecule has 0 bridgehead atoms. The van der Waals surface area contributed by atoms with Crippen LogP contribution in [0.15, 0.2) is 36.4 Å². The largest absolute Gasteiger partial charge is 0.372 e. The van der Waals surface area contributed by atoms with Gasteiger partial charge in [-0.15, -0.1) is 0 Å². The minimum atomic E-state index is 0.0581. The van der Waals surface area contributed by atoms with Crippen molar-refractivity contribution in [1.82, 2.24) is 14.8 Å².